The van der Waals surface area contributed by atoms with Crippen LogP contribution in [0.25, 0.3) is 0 Å². The molecule has 1 N–H and O–H groups in total. The van der Waals surface area contributed by atoms with E-state index < -0.39 is 0 Å². The van der Waals surface area contributed by atoms with Gasteiger partial charge in [-0.3, -0.25) is 4.79 Å². The predicted octanol–water partition coefficient (Wildman–Crippen LogP) is 2.29. The summed E-state index contributed by atoms with van der Waals surface area (Å²) in [7, 11) is -0.0426. The monoisotopic (exact) mass is 314 g/mol. The van der Waals surface area contributed by atoms with Crippen molar-refractivity contribution in [1.29, 1.82) is 0 Å². The SMILES string of the molecule is CCN(CC)C(=O)C[S+](C)[C@@H]1[C@H]2CC[C@@](C)([C@@H]1O)C2(C)C. The van der Waals surface area contributed by atoms with Crippen LogP contribution in [-0.4, -0.2) is 52.4 Å². The van der Waals surface area contributed by atoms with Crippen molar-refractivity contribution in [1.82, 2.24) is 4.90 Å². The molecule has 0 aromatic carbocycles. The van der Waals surface area contributed by atoms with Gasteiger partial charge in [-0.05, 0) is 43.0 Å². The molecular weight excluding hydrogens is 282 g/mol. The first-order valence-electron chi connectivity index (χ1n) is 8.27. The molecule has 3 nitrogen and oxygen atoms in total. The number of carbonyl (C=O) groups excluding carboxylic acids is 1. The lowest BCUT2D eigenvalue weighted by atomic mass is 9.70. The van der Waals surface area contributed by atoms with Crippen LogP contribution in [0, 0.1) is 16.7 Å². The van der Waals surface area contributed by atoms with Gasteiger partial charge in [0.1, 0.15) is 11.4 Å². The topological polar surface area (TPSA) is 40.5 Å². The van der Waals surface area contributed by atoms with Crippen molar-refractivity contribution in [3.05, 3.63) is 0 Å². The highest BCUT2D eigenvalue weighted by Crippen LogP contribution is 2.66. The molecule has 2 aliphatic carbocycles. The van der Waals surface area contributed by atoms with E-state index in [-0.39, 0.29) is 33.7 Å². The Balaban J connectivity index is 2.11. The quantitative estimate of drug-likeness (QED) is 0.791. The van der Waals surface area contributed by atoms with Gasteiger partial charge in [-0.2, -0.15) is 0 Å². The van der Waals surface area contributed by atoms with Gasteiger partial charge in [-0.25, -0.2) is 0 Å². The molecule has 2 rings (SSSR count). The average Bonchev–Trinajstić information content (AvgIpc) is 2.72. The molecule has 5 atom stereocenters. The van der Waals surface area contributed by atoms with E-state index in [9.17, 15) is 9.90 Å². The van der Waals surface area contributed by atoms with E-state index in [0.29, 0.717) is 16.9 Å². The van der Waals surface area contributed by atoms with E-state index >= 15 is 0 Å². The Hall–Kier alpha value is -0.220. The fourth-order valence-corrected chi connectivity index (χ4v) is 7.25. The molecule has 0 aliphatic heterocycles. The molecule has 21 heavy (non-hydrogen) atoms. The molecule has 2 bridgehead atoms. The van der Waals surface area contributed by atoms with Crippen LogP contribution in [0.15, 0.2) is 0 Å². The molecule has 4 heteroatoms. The Bertz CT molecular complexity index is 408. The predicted molar refractivity (Wildman–Crippen MR) is 90.5 cm³/mol. The van der Waals surface area contributed by atoms with Gasteiger partial charge in [-0.1, -0.05) is 20.8 Å². The number of aliphatic hydroxyl groups excluding tert-OH is 1. The summed E-state index contributed by atoms with van der Waals surface area (Å²) in [6.45, 7) is 12.5. The molecule has 0 radical (unpaired) electrons. The third kappa shape index (κ3) is 2.42. The van der Waals surface area contributed by atoms with Crippen molar-refractivity contribution in [2.75, 3.05) is 25.1 Å². The number of fused-ring (bicyclic) bond motifs is 2. The largest absolute Gasteiger partial charge is 0.387 e. The third-order valence-corrected chi connectivity index (χ3v) is 8.88. The zero-order valence-electron chi connectivity index (χ0n) is 14.5. The van der Waals surface area contributed by atoms with Crippen molar-refractivity contribution in [2.24, 2.45) is 16.7 Å². The highest BCUT2D eigenvalue weighted by Gasteiger charge is 2.70. The summed E-state index contributed by atoms with van der Waals surface area (Å²) in [4.78, 5) is 14.3. The van der Waals surface area contributed by atoms with Crippen molar-refractivity contribution < 1.29 is 9.90 Å². The van der Waals surface area contributed by atoms with Gasteiger partial charge in [0, 0.05) is 24.4 Å². The molecule has 2 aliphatic rings. The number of hydrogen-bond acceptors (Lipinski definition) is 2. The zero-order chi connectivity index (χ0) is 16.0. The molecule has 2 saturated carbocycles. The second-order valence-electron chi connectivity index (χ2n) is 7.60. The van der Waals surface area contributed by atoms with Gasteiger partial charge in [0.25, 0.3) is 5.91 Å². The number of amides is 1. The van der Waals surface area contributed by atoms with E-state index in [1.165, 1.54) is 6.42 Å². The maximum Gasteiger partial charge on any atom is 0.272 e. The number of aliphatic hydroxyl groups is 1. The molecule has 1 amide bonds. The number of carbonyl (C=O) groups is 1. The smallest absolute Gasteiger partial charge is 0.272 e. The summed E-state index contributed by atoms with van der Waals surface area (Å²) in [6, 6.07) is 0. The minimum absolute atomic E-state index is 0.0296. The summed E-state index contributed by atoms with van der Waals surface area (Å²) in [5, 5.41) is 11.2. The molecule has 0 heterocycles. The van der Waals surface area contributed by atoms with Crippen molar-refractivity contribution >= 4 is 16.8 Å². The minimum Gasteiger partial charge on any atom is -0.387 e. The van der Waals surface area contributed by atoms with Crippen molar-refractivity contribution in [3.63, 3.8) is 0 Å². The van der Waals surface area contributed by atoms with Crippen LogP contribution in [0.4, 0.5) is 0 Å². The summed E-state index contributed by atoms with van der Waals surface area (Å²) in [6.07, 6.45) is 4.28. The summed E-state index contributed by atoms with van der Waals surface area (Å²) in [5.74, 6) is 1.42. The number of hydrogen-bond donors (Lipinski definition) is 1. The standard InChI is InChI=1S/C17H32NO2S/c1-7-18(8-2)13(19)11-21(6)14-12-9-10-17(5,15(14)20)16(12,3)4/h12,14-15,20H,7-11H2,1-6H3/q+1/t12-,14-,15-,17+,21?/m1/s1. The molecular formula is C17H32NO2S+. The van der Waals surface area contributed by atoms with Gasteiger partial charge < -0.3 is 10.0 Å². The Labute approximate surface area is 132 Å². The first kappa shape index (κ1) is 17.1. The second kappa shape index (κ2) is 5.77. The molecule has 0 aromatic heterocycles. The van der Waals surface area contributed by atoms with Crippen LogP contribution in [0.3, 0.4) is 0 Å². The third-order valence-electron chi connectivity index (χ3n) is 6.67. The van der Waals surface area contributed by atoms with Crippen LogP contribution in [0.2, 0.25) is 0 Å². The van der Waals surface area contributed by atoms with Crippen molar-refractivity contribution in [2.45, 2.75) is 58.8 Å². The summed E-state index contributed by atoms with van der Waals surface area (Å²) in [5.41, 5.74) is 0.221. The molecule has 0 saturated heterocycles. The van der Waals surface area contributed by atoms with Gasteiger partial charge in [0.2, 0.25) is 0 Å². The van der Waals surface area contributed by atoms with Gasteiger partial charge in [0.15, 0.2) is 5.75 Å². The molecule has 0 aromatic rings. The van der Waals surface area contributed by atoms with Crippen molar-refractivity contribution in [3.8, 4) is 0 Å². The molecule has 2 fully saturated rings. The van der Waals surface area contributed by atoms with Crippen LogP contribution in [-0.2, 0) is 15.7 Å². The lowest BCUT2D eigenvalue weighted by Crippen LogP contribution is -2.46. The fraction of sp³-hybridized carbons (Fsp3) is 0.941. The van der Waals surface area contributed by atoms with Crippen LogP contribution < -0.4 is 0 Å². The van der Waals surface area contributed by atoms with Crippen LogP contribution in [0.1, 0.15) is 47.5 Å². The van der Waals surface area contributed by atoms with Gasteiger partial charge in [0.05, 0.1) is 6.26 Å². The van der Waals surface area contributed by atoms with E-state index in [2.05, 4.69) is 27.0 Å². The van der Waals surface area contributed by atoms with Crippen LogP contribution >= 0.6 is 0 Å². The number of rotatable bonds is 5. The zero-order valence-corrected chi connectivity index (χ0v) is 15.3. The highest BCUT2D eigenvalue weighted by atomic mass is 32.2. The normalized spacial score (nSPS) is 38.5. The van der Waals surface area contributed by atoms with E-state index in [1.54, 1.807) is 0 Å². The summed E-state index contributed by atoms with van der Waals surface area (Å²) >= 11 is 0. The van der Waals surface area contributed by atoms with E-state index in [0.717, 1.165) is 19.5 Å². The Morgan fingerprint density at radius 2 is 1.86 bits per heavy atom. The lowest BCUT2D eigenvalue weighted by Gasteiger charge is -2.36. The highest BCUT2D eigenvalue weighted by molar-refractivity contribution is 7.97. The average molecular weight is 315 g/mol. The summed E-state index contributed by atoms with van der Waals surface area (Å²) < 4.78 is 0. The van der Waals surface area contributed by atoms with E-state index in [4.69, 9.17) is 0 Å². The first-order chi connectivity index (χ1) is 9.70. The fourth-order valence-electron chi connectivity index (χ4n) is 4.71. The Morgan fingerprint density at radius 3 is 2.29 bits per heavy atom. The first-order valence-corrected chi connectivity index (χ1v) is 10.1. The van der Waals surface area contributed by atoms with E-state index in [1.807, 2.05) is 18.7 Å². The maximum atomic E-state index is 12.4. The van der Waals surface area contributed by atoms with Gasteiger partial charge >= 0.3 is 0 Å². The Morgan fingerprint density at radius 1 is 1.29 bits per heavy atom. The molecule has 0 spiro atoms. The maximum absolute atomic E-state index is 12.4. The Kier molecular flexibility index (Phi) is 4.71. The minimum atomic E-state index is -0.246. The lowest BCUT2D eigenvalue weighted by molar-refractivity contribution is -0.128. The van der Waals surface area contributed by atoms with Gasteiger partial charge in [-0.15, -0.1) is 0 Å². The second-order valence-corrected chi connectivity index (χ2v) is 9.81. The molecule has 122 valence electrons. The number of nitrogens with zero attached hydrogens (tertiary/aromatic N) is 1. The molecule has 1 unspecified atom stereocenters. The van der Waals surface area contributed by atoms with Crippen LogP contribution in [0.5, 0.6) is 0 Å².